The van der Waals surface area contributed by atoms with Crippen molar-refractivity contribution in [2.24, 2.45) is 0 Å². The van der Waals surface area contributed by atoms with Crippen LogP contribution in [0.2, 0.25) is 0 Å². The van der Waals surface area contributed by atoms with Crippen molar-refractivity contribution < 1.29 is 14.7 Å². The maximum Gasteiger partial charge on any atom is 0.217 e. The minimum absolute atomic E-state index is 0.288. The van der Waals surface area contributed by atoms with E-state index in [4.69, 9.17) is 0 Å². The number of Topliss-reactive ketones (excluding diaryl/α,β-unsaturated/α-hetero) is 2. The predicted molar refractivity (Wildman–Crippen MR) is 77.2 cm³/mol. The van der Waals surface area contributed by atoms with Gasteiger partial charge in [-0.3, -0.25) is 9.59 Å². The molecule has 0 spiro atoms. The van der Waals surface area contributed by atoms with Gasteiger partial charge in [-0.2, -0.15) is 0 Å². The predicted octanol–water partition coefficient (Wildman–Crippen LogP) is 2.68. The first-order valence-corrected chi connectivity index (χ1v) is 7.37. The molecule has 20 heavy (non-hydrogen) atoms. The fourth-order valence-electron chi connectivity index (χ4n) is 2.56. The molecule has 0 heterocycles. The molecule has 0 amide bonds. The third-order valence-corrected chi connectivity index (χ3v) is 4.37. The fraction of sp³-hybridized carbons (Fsp3) is 0.125. The summed E-state index contributed by atoms with van der Waals surface area (Å²) in [5.41, 5.74) is -1.16. The van der Waals surface area contributed by atoms with E-state index in [9.17, 15) is 14.7 Å². The number of fused-ring (bicyclic) bond motifs is 1. The molecule has 0 radical (unpaired) electrons. The van der Waals surface area contributed by atoms with Crippen molar-refractivity contribution in [3.05, 3.63) is 65.2 Å². The van der Waals surface area contributed by atoms with Gasteiger partial charge in [0.05, 0.1) is 0 Å². The van der Waals surface area contributed by atoms with Crippen LogP contribution in [0.15, 0.2) is 53.4 Å². The Morgan fingerprint density at radius 1 is 0.900 bits per heavy atom. The molecule has 2 aromatic carbocycles. The second-order valence-electron chi connectivity index (χ2n) is 4.61. The van der Waals surface area contributed by atoms with Crippen LogP contribution < -0.4 is 0 Å². The van der Waals surface area contributed by atoms with Crippen molar-refractivity contribution in [2.45, 2.75) is 10.5 Å². The number of aliphatic hydroxyl groups is 1. The summed E-state index contributed by atoms with van der Waals surface area (Å²) in [5.74, 6) is -1.08. The summed E-state index contributed by atoms with van der Waals surface area (Å²) in [4.78, 5) is 25.8. The molecule has 0 aliphatic heterocycles. The molecule has 0 saturated carbocycles. The Kier molecular flexibility index (Phi) is 3.00. The Bertz CT molecular complexity index is 686. The van der Waals surface area contributed by atoms with Crippen LogP contribution in [-0.4, -0.2) is 22.9 Å². The maximum atomic E-state index is 12.5. The highest BCUT2D eigenvalue weighted by Gasteiger charge is 2.53. The van der Waals surface area contributed by atoms with Crippen LogP contribution >= 0.6 is 11.8 Å². The van der Waals surface area contributed by atoms with Gasteiger partial charge in [-0.05, 0) is 12.3 Å². The number of carbonyl (C=O) groups excluding carboxylic acids is 2. The number of hydrogen-bond donors (Lipinski definition) is 1. The van der Waals surface area contributed by atoms with Crippen LogP contribution in [0.25, 0.3) is 0 Å². The van der Waals surface area contributed by atoms with Gasteiger partial charge in [0.1, 0.15) is 0 Å². The van der Waals surface area contributed by atoms with Gasteiger partial charge in [0.25, 0.3) is 0 Å². The lowest BCUT2D eigenvalue weighted by atomic mass is 9.89. The van der Waals surface area contributed by atoms with E-state index >= 15 is 0 Å². The second-order valence-corrected chi connectivity index (χ2v) is 5.46. The molecule has 3 rings (SSSR count). The molecular formula is C16H12O3S. The zero-order valence-corrected chi connectivity index (χ0v) is 11.6. The topological polar surface area (TPSA) is 54.4 Å². The molecule has 0 saturated heterocycles. The average molecular weight is 284 g/mol. The van der Waals surface area contributed by atoms with Crippen molar-refractivity contribution in [1.29, 1.82) is 0 Å². The van der Waals surface area contributed by atoms with E-state index < -0.39 is 17.2 Å². The molecule has 4 heteroatoms. The third kappa shape index (κ3) is 1.58. The van der Waals surface area contributed by atoms with Crippen molar-refractivity contribution in [3.63, 3.8) is 0 Å². The Morgan fingerprint density at radius 3 is 1.95 bits per heavy atom. The molecule has 0 bridgehead atoms. The molecule has 2 aromatic rings. The highest BCUT2D eigenvalue weighted by atomic mass is 32.2. The van der Waals surface area contributed by atoms with E-state index in [-0.39, 0.29) is 11.1 Å². The lowest BCUT2D eigenvalue weighted by Crippen LogP contribution is -2.38. The van der Waals surface area contributed by atoms with Crippen molar-refractivity contribution in [1.82, 2.24) is 0 Å². The number of rotatable bonds is 2. The quantitative estimate of drug-likeness (QED) is 0.680. The summed E-state index contributed by atoms with van der Waals surface area (Å²) in [7, 11) is 0. The summed E-state index contributed by atoms with van der Waals surface area (Å²) >= 11 is 1.40. The first-order valence-electron chi connectivity index (χ1n) is 6.15. The highest BCUT2D eigenvalue weighted by molar-refractivity contribution is 7.98. The molecule has 1 aliphatic carbocycles. The molecule has 0 aromatic heterocycles. The molecule has 1 aliphatic rings. The van der Waals surface area contributed by atoms with Crippen LogP contribution in [-0.2, 0) is 5.60 Å². The van der Waals surface area contributed by atoms with Gasteiger partial charge in [0.2, 0.25) is 17.2 Å². The van der Waals surface area contributed by atoms with Gasteiger partial charge in [0.15, 0.2) is 0 Å². The van der Waals surface area contributed by atoms with Gasteiger partial charge in [-0.25, -0.2) is 0 Å². The van der Waals surface area contributed by atoms with E-state index in [0.29, 0.717) is 5.56 Å². The number of thioether (sulfide) groups is 1. The zero-order valence-electron chi connectivity index (χ0n) is 10.8. The number of benzene rings is 2. The number of hydrogen-bond acceptors (Lipinski definition) is 4. The minimum Gasteiger partial charge on any atom is -0.370 e. The van der Waals surface area contributed by atoms with Gasteiger partial charge in [-0.15, -0.1) is 11.8 Å². The normalized spacial score (nSPS) is 16.3. The molecule has 0 atom stereocenters. The van der Waals surface area contributed by atoms with E-state index in [1.165, 1.54) is 11.8 Å². The standard InChI is InChI=1S/C16H12O3S/c1-20-13-9-5-4-8-12(13)16(19)14(17)10-6-2-3-7-11(10)15(16)18/h2-9,19H,1H3. The lowest BCUT2D eigenvalue weighted by Gasteiger charge is -2.21. The van der Waals surface area contributed by atoms with Crippen molar-refractivity contribution in [2.75, 3.05) is 6.26 Å². The molecule has 3 nitrogen and oxygen atoms in total. The van der Waals surface area contributed by atoms with E-state index in [2.05, 4.69) is 0 Å². The first kappa shape index (κ1) is 13.1. The Balaban J connectivity index is 2.25. The molecule has 0 fully saturated rings. The van der Waals surface area contributed by atoms with Crippen molar-refractivity contribution >= 4 is 23.3 Å². The minimum atomic E-state index is -2.09. The summed E-state index contributed by atoms with van der Waals surface area (Å²) in [6, 6.07) is 13.5. The van der Waals surface area contributed by atoms with Crippen molar-refractivity contribution in [3.8, 4) is 0 Å². The monoisotopic (exact) mass is 284 g/mol. The summed E-state index contributed by atoms with van der Waals surface area (Å²) in [6.45, 7) is 0. The molecule has 1 N–H and O–H groups in total. The summed E-state index contributed by atoms with van der Waals surface area (Å²) < 4.78 is 0. The van der Waals surface area contributed by atoms with E-state index in [1.807, 2.05) is 12.3 Å². The SMILES string of the molecule is CSc1ccccc1C1(O)C(=O)c2ccccc2C1=O. The fourth-order valence-corrected chi connectivity index (χ4v) is 3.21. The number of ketones is 2. The third-order valence-electron chi connectivity index (χ3n) is 3.57. The van der Waals surface area contributed by atoms with Crippen LogP contribution in [0.1, 0.15) is 26.3 Å². The Hall–Kier alpha value is -1.91. The Morgan fingerprint density at radius 2 is 1.40 bits per heavy atom. The molecule has 0 unspecified atom stereocenters. The lowest BCUT2D eigenvalue weighted by molar-refractivity contribution is 0.0312. The van der Waals surface area contributed by atoms with E-state index in [1.54, 1.807) is 42.5 Å². The van der Waals surface area contributed by atoms with Crippen LogP contribution in [0, 0.1) is 0 Å². The highest BCUT2D eigenvalue weighted by Crippen LogP contribution is 2.40. The molecular weight excluding hydrogens is 272 g/mol. The number of carbonyl (C=O) groups is 2. The zero-order chi connectivity index (χ0) is 14.3. The maximum absolute atomic E-state index is 12.5. The summed E-state index contributed by atoms with van der Waals surface area (Å²) in [5, 5.41) is 10.8. The molecule has 100 valence electrons. The van der Waals surface area contributed by atoms with Gasteiger partial charge >= 0.3 is 0 Å². The van der Waals surface area contributed by atoms with E-state index in [0.717, 1.165) is 4.90 Å². The smallest absolute Gasteiger partial charge is 0.217 e. The van der Waals surface area contributed by atoms with Crippen LogP contribution in [0.5, 0.6) is 0 Å². The van der Waals surface area contributed by atoms with Crippen LogP contribution in [0.4, 0.5) is 0 Å². The Labute approximate surface area is 120 Å². The van der Waals surface area contributed by atoms with Gasteiger partial charge < -0.3 is 5.11 Å². The average Bonchev–Trinajstić information content (AvgIpc) is 2.70. The first-order chi connectivity index (χ1) is 9.60. The van der Waals surface area contributed by atoms with Gasteiger partial charge in [0, 0.05) is 21.6 Å². The largest absolute Gasteiger partial charge is 0.370 e. The van der Waals surface area contributed by atoms with Crippen LogP contribution in [0.3, 0.4) is 0 Å². The second kappa shape index (κ2) is 4.58. The summed E-state index contributed by atoms with van der Waals surface area (Å²) in [6.07, 6.45) is 1.85. The van der Waals surface area contributed by atoms with Gasteiger partial charge in [-0.1, -0.05) is 42.5 Å².